The summed E-state index contributed by atoms with van der Waals surface area (Å²) < 4.78 is 6.62. The predicted molar refractivity (Wildman–Crippen MR) is 64.2 cm³/mol. The number of imidazole rings is 1. The number of methoxy groups -OCH3 is 1. The van der Waals surface area contributed by atoms with Crippen LogP contribution in [0.5, 0.6) is 0 Å². The highest BCUT2D eigenvalue weighted by Gasteiger charge is 2.22. The van der Waals surface area contributed by atoms with Gasteiger partial charge in [0.15, 0.2) is 0 Å². The topological polar surface area (TPSA) is 82.2 Å². The highest BCUT2D eigenvalue weighted by atomic mass is 16.6. The number of anilines is 1. The Hall–Kier alpha value is -1.63. The second-order valence-corrected chi connectivity index (χ2v) is 3.77. The standard InChI is InChI=1S/C10H18N4O3/c1-8-12-10(14(15)16)9(13(8)2)11-6-4-5-7-17-3/h11H,4-7H2,1-3H3. The van der Waals surface area contributed by atoms with Crippen molar-refractivity contribution in [2.75, 3.05) is 25.6 Å². The lowest BCUT2D eigenvalue weighted by molar-refractivity contribution is -0.388. The molecule has 96 valence electrons. The number of nitrogens with one attached hydrogen (secondary N) is 1. The number of hydrogen-bond donors (Lipinski definition) is 1. The molecule has 0 saturated carbocycles. The van der Waals surface area contributed by atoms with Crippen LogP contribution in [0, 0.1) is 17.0 Å². The van der Waals surface area contributed by atoms with Crippen molar-refractivity contribution in [3.05, 3.63) is 15.9 Å². The first-order chi connectivity index (χ1) is 8.07. The van der Waals surface area contributed by atoms with Crippen LogP contribution in [0.4, 0.5) is 11.6 Å². The predicted octanol–water partition coefficient (Wildman–Crippen LogP) is 1.48. The van der Waals surface area contributed by atoms with E-state index < -0.39 is 4.92 Å². The molecule has 0 unspecified atom stereocenters. The molecule has 0 aromatic carbocycles. The third kappa shape index (κ3) is 3.42. The number of ether oxygens (including phenoxy) is 1. The van der Waals surface area contributed by atoms with Crippen LogP contribution in [-0.2, 0) is 11.8 Å². The van der Waals surface area contributed by atoms with E-state index in [1.807, 2.05) is 0 Å². The lowest BCUT2D eigenvalue weighted by atomic mass is 10.3. The summed E-state index contributed by atoms with van der Waals surface area (Å²) in [6, 6.07) is 0. The van der Waals surface area contributed by atoms with E-state index in [0.29, 0.717) is 24.8 Å². The van der Waals surface area contributed by atoms with Gasteiger partial charge in [-0.2, -0.15) is 0 Å². The van der Waals surface area contributed by atoms with Crippen molar-refractivity contribution in [3.63, 3.8) is 0 Å². The van der Waals surface area contributed by atoms with Crippen molar-refractivity contribution in [2.24, 2.45) is 7.05 Å². The number of nitro groups is 1. The summed E-state index contributed by atoms with van der Waals surface area (Å²) >= 11 is 0. The van der Waals surface area contributed by atoms with E-state index in [9.17, 15) is 10.1 Å². The summed E-state index contributed by atoms with van der Waals surface area (Å²) in [5.41, 5.74) is 0. The first kappa shape index (κ1) is 13.4. The Bertz CT molecular complexity index is 389. The maximum atomic E-state index is 10.8. The largest absolute Gasteiger partial charge is 0.406 e. The molecular formula is C10H18N4O3. The van der Waals surface area contributed by atoms with E-state index in [4.69, 9.17) is 4.74 Å². The fourth-order valence-electron chi connectivity index (χ4n) is 1.50. The lowest BCUT2D eigenvalue weighted by Gasteiger charge is -2.06. The van der Waals surface area contributed by atoms with Gasteiger partial charge in [-0.3, -0.25) is 4.57 Å². The summed E-state index contributed by atoms with van der Waals surface area (Å²) in [5.74, 6) is 0.970. The zero-order valence-corrected chi connectivity index (χ0v) is 10.4. The van der Waals surface area contributed by atoms with Crippen molar-refractivity contribution < 1.29 is 9.66 Å². The third-order valence-electron chi connectivity index (χ3n) is 2.54. The van der Waals surface area contributed by atoms with Crippen molar-refractivity contribution in [2.45, 2.75) is 19.8 Å². The molecule has 0 saturated heterocycles. The molecule has 0 radical (unpaired) electrons. The molecule has 1 rings (SSSR count). The third-order valence-corrected chi connectivity index (χ3v) is 2.54. The highest BCUT2D eigenvalue weighted by Crippen LogP contribution is 2.23. The summed E-state index contributed by atoms with van der Waals surface area (Å²) in [6.07, 6.45) is 1.82. The average Bonchev–Trinajstić information content (AvgIpc) is 2.57. The van der Waals surface area contributed by atoms with E-state index in [2.05, 4.69) is 10.3 Å². The maximum Gasteiger partial charge on any atom is 0.406 e. The molecule has 1 heterocycles. The molecule has 0 aliphatic heterocycles. The number of aromatic nitrogens is 2. The zero-order valence-electron chi connectivity index (χ0n) is 10.4. The Labute approximate surface area is 99.9 Å². The van der Waals surface area contributed by atoms with Crippen LogP contribution in [0.3, 0.4) is 0 Å². The van der Waals surface area contributed by atoms with E-state index in [1.54, 1.807) is 25.6 Å². The number of unbranched alkanes of at least 4 members (excludes halogenated alkanes) is 1. The molecule has 0 bridgehead atoms. The van der Waals surface area contributed by atoms with Gasteiger partial charge >= 0.3 is 5.82 Å². The number of rotatable bonds is 7. The Morgan fingerprint density at radius 3 is 2.82 bits per heavy atom. The Balaban J connectivity index is 2.60. The highest BCUT2D eigenvalue weighted by molar-refractivity contribution is 5.53. The summed E-state index contributed by atoms with van der Waals surface area (Å²) in [7, 11) is 3.41. The van der Waals surface area contributed by atoms with Crippen molar-refractivity contribution >= 4 is 11.6 Å². The van der Waals surface area contributed by atoms with E-state index in [1.165, 1.54) is 0 Å². The second-order valence-electron chi connectivity index (χ2n) is 3.77. The van der Waals surface area contributed by atoms with E-state index in [0.717, 1.165) is 12.8 Å². The fraction of sp³-hybridized carbons (Fsp3) is 0.700. The zero-order chi connectivity index (χ0) is 12.8. The minimum absolute atomic E-state index is 0.114. The quantitative estimate of drug-likeness (QED) is 0.445. The smallest absolute Gasteiger partial charge is 0.385 e. The van der Waals surface area contributed by atoms with Gasteiger partial charge in [0, 0.05) is 34.2 Å². The Kier molecular flexibility index (Phi) is 4.89. The maximum absolute atomic E-state index is 10.8. The van der Waals surface area contributed by atoms with Gasteiger partial charge in [-0.1, -0.05) is 0 Å². The summed E-state index contributed by atoms with van der Waals surface area (Å²) in [5, 5.41) is 13.8. The van der Waals surface area contributed by atoms with Crippen LogP contribution < -0.4 is 5.32 Å². The lowest BCUT2D eigenvalue weighted by Crippen LogP contribution is -2.08. The van der Waals surface area contributed by atoms with Crippen molar-refractivity contribution in [3.8, 4) is 0 Å². The monoisotopic (exact) mass is 242 g/mol. The SMILES string of the molecule is COCCCCNc1c([N+](=O)[O-])nc(C)n1C. The average molecular weight is 242 g/mol. The molecule has 7 nitrogen and oxygen atoms in total. The van der Waals surface area contributed by atoms with Crippen molar-refractivity contribution in [1.82, 2.24) is 9.55 Å². The molecule has 0 spiro atoms. The van der Waals surface area contributed by atoms with Gasteiger partial charge in [0.1, 0.15) is 0 Å². The number of nitrogens with zero attached hydrogens (tertiary/aromatic N) is 3. The van der Waals surface area contributed by atoms with Gasteiger partial charge in [0.2, 0.25) is 11.6 Å². The van der Waals surface area contributed by atoms with Crippen LogP contribution >= 0.6 is 0 Å². The minimum Gasteiger partial charge on any atom is -0.385 e. The molecule has 0 atom stereocenters. The van der Waals surface area contributed by atoms with Gasteiger partial charge in [-0.25, -0.2) is 0 Å². The van der Waals surface area contributed by atoms with Crippen LogP contribution in [0.2, 0.25) is 0 Å². The molecule has 0 aliphatic rings. The van der Waals surface area contributed by atoms with Gasteiger partial charge in [0.25, 0.3) is 0 Å². The van der Waals surface area contributed by atoms with Crippen LogP contribution in [0.1, 0.15) is 18.7 Å². The molecule has 0 amide bonds. The molecule has 0 aliphatic carbocycles. The molecule has 0 fully saturated rings. The molecule has 17 heavy (non-hydrogen) atoms. The molecule has 7 heteroatoms. The van der Waals surface area contributed by atoms with Crippen LogP contribution in [-0.4, -0.2) is 34.7 Å². The van der Waals surface area contributed by atoms with E-state index in [-0.39, 0.29) is 5.82 Å². The minimum atomic E-state index is -0.468. The molecule has 1 aromatic rings. The van der Waals surface area contributed by atoms with Gasteiger partial charge < -0.3 is 20.2 Å². The van der Waals surface area contributed by atoms with Crippen molar-refractivity contribution in [1.29, 1.82) is 0 Å². The normalized spacial score (nSPS) is 10.5. The number of hydrogen-bond acceptors (Lipinski definition) is 5. The number of aryl methyl sites for hydroxylation is 1. The first-order valence-electron chi connectivity index (χ1n) is 5.48. The fourth-order valence-corrected chi connectivity index (χ4v) is 1.50. The second kappa shape index (κ2) is 6.19. The first-order valence-corrected chi connectivity index (χ1v) is 5.48. The molecular weight excluding hydrogens is 224 g/mol. The van der Waals surface area contributed by atoms with Gasteiger partial charge in [-0.15, -0.1) is 0 Å². The molecule has 1 aromatic heterocycles. The Morgan fingerprint density at radius 2 is 2.24 bits per heavy atom. The van der Waals surface area contributed by atoms with Crippen LogP contribution in [0.25, 0.3) is 0 Å². The van der Waals surface area contributed by atoms with Crippen LogP contribution in [0.15, 0.2) is 0 Å². The van der Waals surface area contributed by atoms with Gasteiger partial charge in [0.05, 0.1) is 0 Å². The van der Waals surface area contributed by atoms with Gasteiger partial charge in [-0.05, 0) is 22.7 Å². The van der Waals surface area contributed by atoms with E-state index >= 15 is 0 Å². The summed E-state index contributed by atoms with van der Waals surface area (Å²) in [6.45, 7) is 3.11. The molecule has 1 N–H and O–H groups in total. The Morgan fingerprint density at radius 1 is 1.53 bits per heavy atom. The summed E-state index contributed by atoms with van der Waals surface area (Å²) in [4.78, 5) is 14.2.